The molecule has 0 amide bonds. The Bertz CT molecular complexity index is 954. The number of anilines is 3. The van der Waals surface area contributed by atoms with Crippen molar-refractivity contribution < 1.29 is 0 Å². The van der Waals surface area contributed by atoms with E-state index in [1.807, 2.05) is 36.4 Å². The van der Waals surface area contributed by atoms with Crippen LogP contribution in [0.1, 0.15) is 18.4 Å². The van der Waals surface area contributed by atoms with Gasteiger partial charge < -0.3 is 10.6 Å². The second-order valence-corrected chi connectivity index (χ2v) is 7.08. The topological polar surface area (TPSA) is 61.4 Å². The number of nitrogens with zero attached hydrogens (tertiary/aromatic N) is 1. The van der Waals surface area contributed by atoms with Crippen LogP contribution < -0.4 is 21.5 Å². The van der Waals surface area contributed by atoms with E-state index in [0.29, 0.717) is 11.4 Å². The number of benzene rings is 2. The van der Waals surface area contributed by atoms with Crippen LogP contribution in [-0.4, -0.2) is 24.0 Å². The third-order valence-corrected chi connectivity index (χ3v) is 5.14. The lowest BCUT2D eigenvalue weighted by Gasteiger charge is -2.33. The quantitative estimate of drug-likeness (QED) is 0.661. The highest BCUT2D eigenvalue weighted by molar-refractivity contribution is 5.78. The average Bonchev–Trinajstić information content (AvgIpc) is 2.73. The van der Waals surface area contributed by atoms with Gasteiger partial charge in [-0.25, -0.2) is 0 Å². The monoisotopic (exact) mass is 361 g/mol. The minimum atomic E-state index is -0.442. The molecule has 138 valence electrons. The lowest BCUT2D eigenvalue weighted by atomic mass is 10.0. The highest BCUT2D eigenvalue weighted by Gasteiger charge is 2.26. The van der Waals surface area contributed by atoms with Gasteiger partial charge in [0.25, 0.3) is 10.9 Å². The van der Waals surface area contributed by atoms with Crippen LogP contribution in [0.2, 0.25) is 0 Å². The van der Waals surface area contributed by atoms with Gasteiger partial charge in [-0.15, -0.1) is 0 Å². The van der Waals surface area contributed by atoms with Gasteiger partial charge in [0.2, 0.25) is 0 Å². The van der Waals surface area contributed by atoms with Gasteiger partial charge in [-0.3, -0.25) is 14.5 Å². The summed E-state index contributed by atoms with van der Waals surface area (Å²) in [5.41, 5.74) is 2.09. The summed E-state index contributed by atoms with van der Waals surface area (Å²) in [5, 5.41) is 6.39. The molecule has 1 aliphatic rings. The van der Waals surface area contributed by atoms with Crippen LogP contribution >= 0.6 is 0 Å². The predicted octanol–water partition coefficient (Wildman–Crippen LogP) is 3.10. The summed E-state index contributed by atoms with van der Waals surface area (Å²) < 4.78 is 0. The Morgan fingerprint density at radius 2 is 1.41 bits per heavy atom. The summed E-state index contributed by atoms with van der Waals surface area (Å²) >= 11 is 0. The van der Waals surface area contributed by atoms with Gasteiger partial charge in [-0.2, -0.15) is 0 Å². The molecule has 0 spiro atoms. The minimum Gasteiger partial charge on any atom is -0.377 e. The molecule has 0 radical (unpaired) electrons. The van der Waals surface area contributed by atoms with Crippen LogP contribution in [-0.2, 0) is 6.54 Å². The van der Waals surface area contributed by atoms with E-state index in [9.17, 15) is 9.59 Å². The van der Waals surface area contributed by atoms with Gasteiger partial charge in [0, 0.05) is 31.4 Å². The summed E-state index contributed by atoms with van der Waals surface area (Å²) in [7, 11) is 0. The number of likely N-dealkylation sites (tertiary alicyclic amines) is 1. The maximum atomic E-state index is 12.0. The molecule has 0 unspecified atom stereocenters. The molecule has 2 N–H and O–H groups in total. The molecule has 0 bridgehead atoms. The van der Waals surface area contributed by atoms with Crippen molar-refractivity contribution in [2.45, 2.75) is 25.4 Å². The molecule has 1 fully saturated rings. The van der Waals surface area contributed by atoms with Crippen LogP contribution in [0.5, 0.6) is 0 Å². The van der Waals surface area contributed by atoms with Crippen LogP contribution in [0.4, 0.5) is 17.1 Å². The second kappa shape index (κ2) is 7.76. The number of piperidine rings is 1. The third-order valence-electron chi connectivity index (χ3n) is 5.14. The van der Waals surface area contributed by atoms with E-state index in [4.69, 9.17) is 0 Å². The fourth-order valence-corrected chi connectivity index (χ4v) is 3.60. The smallest absolute Gasteiger partial charge is 0.253 e. The maximum Gasteiger partial charge on any atom is 0.253 e. The molecule has 1 heterocycles. The van der Waals surface area contributed by atoms with Crippen molar-refractivity contribution in [1.29, 1.82) is 0 Å². The Balaban J connectivity index is 1.35. The molecular weight excluding hydrogens is 338 g/mol. The average molecular weight is 361 g/mol. The molecule has 5 nitrogen and oxygen atoms in total. The zero-order valence-corrected chi connectivity index (χ0v) is 15.2. The highest BCUT2D eigenvalue weighted by Crippen LogP contribution is 2.24. The number of hydrogen-bond acceptors (Lipinski definition) is 5. The second-order valence-electron chi connectivity index (χ2n) is 7.08. The molecule has 3 aromatic carbocycles. The summed E-state index contributed by atoms with van der Waals surface area (Å²) in [6.45, 7) is 2.90. The van der Waals surface area contributed by atoms with Crippen molar-refractivity contribution in [3.05, 3.63) is 86.7 Å². The number of nitrogens with one attached hydrogen (secondary N) is 2. The lowest BCUT2D eigenvalue weighted by molar-refractivity contribution is 0.211. The Hall–Kier alpha value is -2.92. The third kappa shape index (κ3) is 3.93. The summed E-state index contributed by atoms with van der Waals surface area (Å²) in [6.07, 6.45) is 1.91. The van der Waals surface area contributed by atoms with E-state index < -0.39 is 10.9 Å². The Morgan fingerprint density at radius 3 is 2.07 bits per heavy atom. The Kier molecular flexibility index (Phi) is 5.03. The molecule has 5 heteroatoms. The molecule has 27 heavy (non-hydrogen) atoms. The van der Waals surface area contributed by atoms with Crippen molar-refractivity contribution >= 4 is 17.1 Å². The van der Waals surface area contributed by atoms with Gasteiger partial charge >= 0.3 is 0 Å². The van der Waals surface area contributed by atoms with Crippen molar-refractivity contribution in [2.24, 2.45) is 0 Å². The van der Waals surface area contributed by atoms with Gasteiger partial charge in [-0.1, -0.05) is 48.5 Å². The van der Waals surface area contributed by atoms with Crippen molar-refractivity contribution in [2.75, 3.05) is 23.7 Å². The van der Waals surface area contributed by atoms with E-state index in [-0.39, 0.29) is 6.04 Å². The summed E-state index contributed by atoms with van der Waals surface area (Å²) in [4.78, 5) is 26.4. The first-order chi connectivity index (χ1) is 13.2. The molecular formula is C22H23N3O2. The zero-order valence-electron chi connectivity index (χ0n) is 15.2. The van der Waals surface area contributed by atoms with Gasteiger partial charge in [0.05, 0.1) is 0 Å². The van der Waals surface area contributed by atoms with Gasteiger partial charge in [0.15, 0.2) is 0 Å². The van der Waals surface area contributed by atoms with Crippen molar-refractivity contribution in [3.63, 3.8) is 0 Å². The highest BCUT2D eigenvalue weighted by atomic mass is 16.2. The largest absolute Gasteiger partial charge is 0.377 e. The molecule has 3 aromatic rings. The van der Waals surface area contributed by atoms with E-state index >= 15 is 0 Å². The Morgan fingerprint density at radius 1 is 0.815 bits per heavy atom. The molecule has 0 aliphatic carbocycles. The maximum absolute atomic E-state index is 12.0. The predicted molar refractivity (Wildman–Crippen MR) is 109 cm³/mol. The molecule has 1 aliphatic heterocycles. The Labute approximate surface area is 158 Å². The van der Waals surface area contributed by atoms with Crippen molar-refractivity contribution in [1.82, 2.24) is 4.90 Å². The first kappa shape index (κ1) is 17.5. The fraction of sp³-hybridized carbons (Fsp3) is 0.273. The molecule has 1 saturated heterocycles. The summed E-state index contributed by atoms with van der Waals surface area (Å²) in [6, 6.07) is 20.1. The van der Waals surface area contributed by atoms with E-state index in [2.05, 4.69) is 39.8 Å². The lowest BCUT2D eigenvalue weighted by Crippen LogP contribution is -2.43. The first-order valence-electron chi connectivity index (χ1n) is 9.39. The van der Waals surface area contributed by atoms with Gasteiger partial charge in [0.1, 0.15) is 11.4 Å². The zero-order chi connectivity index (χ0) is 18.6. The van der Waals surface area contributed by atoms with E-state index in [0.717, 1.165) is 38.2 Å². The number of rotatable bonds is 6. The molecule has 0 saturated carbocycles. The number of hydrogen-bond donors (Lipinski definition) is 2. The van der Waals surface area contributed by atoms with Crippen LogP contribution in [0.3, 0.4) is 0 Å². The van der Waals surface area contributed by atoms with E-state index in [1.54, 1.807) is 0 Å². The van der Waals surface area contributed by atoms with Gasteiger partial charge in [-0.05, 0) is 30.5 Å². The normalized spacial score (nSPS) is 15.7. The first-order valence-corrected chi connectivity index (χ1v) is 9.39. The van der Waals surface area contributed by atoms with Crippen LogP contribution in [0.25, 0.3) is 0 Å². The SMILES string of the molecule is O=c1c(Nc2ccccc2)c(NC2CCN(Cc3ccccc3)CC2)c1=O. The fourth-order valence-electron chi connectivity index (χ4n) is 3.60. The molecule has 4 rings (SSSR count). The van der Waals surface area contributed by atoms with Crippen molar-refractivity contribution in [3.8, 4) is 0 Å². The summed E-state index contributed by atoms with van der Waals surface area (Å²) in [5.74, 6) is 0. The molecule has 0 atom stereocenters. The van der Waals surface area contributed by atoms with Crippen LogP contribution in [0, 0.1) is 0 Å². The standard InChI is InChI=1S/C22H23N3O2/c26-21-19(23-17-9-5-2-6-10-17)20(22(21)27)24-18-11-13-25(14-12-18)15-16-7-3-1-4-8-16/h1-10,18,23-24H,11-15H2. The number of para-hydroxylation sites is 1. The minimum absolute atomic E-state index is 0.219. The van der Waals surface area contributed by atoms with Crippen LogP contribution in [0.15, 0.2) is 70.3 Å². The van der Waals surface area contributed by atoms with E-state index in [1.165, 1.54) is 5.56 Å². The molecule has 0 aromatic heterocycles.